The largest absolute Gasteiger partial charge is 0.355 e. The maximum atomic E-state index is 12.7. The zero-order chi connectivity index (χ0) is 21.7. The van der Waals surface area contributed by atoms with Gasteiger partial charge >= 0.3 is 0 Å². The third kappa shape index (κ3) is 10.9. The van der Waals surface area contributed by atoms with E-state index in [0.29, 0.717) is 19.4 Å². The first-order valence-corrected chi connectivity index (χ1v) is 10.2. The number of carbonyl (C=O) groups excluding carboxylic acids is 4. The molecule has 0 bridgehead atoms. The maximum absolute atomic E-state index is 12.7. The van der Waals surface area contributed by atoms with Crippen LogP contribution in [0.3, 0.4) is 0 Å². The molecule has 8 heteroatoms. The first-order chi connectivity index (χ1) is 13.1. The van der Waals surface area contributed by atoms with Crippen LogP contribution in [-0.4, -0.2) is 48.8 Å². The average Bonchev–Trinajstić information content (AvgIpc) is 2.62. The Bertz CT molecular complexity index is 522. The molecule has 0 heterocycles. The lowest BCUT2D eigenvalue weighted by atomic mass is 9.96. The summed E-state index contributed by atoms with van der Waals surface area (Å²) in [4.78, 5) is 48.5. The fraction of sp³-hybridized carbons (Fsp3) is 0.800. The molecule has 0 unspecified atom stereocenters. The van der Waals surface area contributed by atoms with Crippen LogP contribution in [0.2, 0.25) is 0 Å². The van der Waals surface area contributed by atoms with Gasteiger partial charge in [-0.2, -0.15) is 0 Å². The van der Waals surface area contributed by atoms with E-state index in [0.717, 1.165) is 12.8 Å². The van der Waals surface area contributed by atoms with Crippen LogP contribution in [0.15, 0.2) is 0 Å². The number of carbonyl (C=O) groups is 4. The number of hydrogen-bond donors (Lipinski definition) is 4. The average molecular weight is 399 g/mol. The minimum Gasteiger partial charge on any atom is -0.355 e. The fourth-order valence-electron chi connectivity index (χ4n) is 2.64. The monoisotopic (exact) mass is 398 g/mol. The minimum atomic E-state index is -0.767. The van der Waals surface area contributed by atoms with E-state index in [-0.39, 0.29) is 30.2 Å². The van der Waals surface area contributed by atoms with Crippen LogP contribution in [0.4, 0.5) is 0 Å². The molecule has 4 amide bonds. The smallest absolute Gasteiger partial charge is 0.243 e. The van der Waals surface area contributed by atoms with Gasteiger partial charge in [-0.25, -0.2) is 0 Å². The zero-order valence-electron chi connectivity index (χ0n) is 18.2. The second-order valence-electron chi connectivity index (χ2n) is 7.68. The van der Waals surface area contributed by atoms with Gasteiger partial charge in [-0.15, -0.1) is 0 Å². The maximum Gasteiger partial charge on any atom is 0.243 e. The summed E-state index contributed by atoms with van der Waals surface area (Å²) in [6, 6.07) is -1.47. The molecule has 4 N–H and O–H groups in total. The van der Waals surface area contributed by atoms with Crippen LogP contribution in [-0.2, 0) is 19.2 Å². The van der Waals surface area contributed by atoms with Crippen LogP contribution < -0.4 is 21.3 Å². The van der Waals surface area contributed by atoms with E-state index in [1.54, 1.807) is 0 Å². The lowest BCUT2D eigenvalue weighted by molar-refractivity contribution is -0.133. The van der Waals surface area contributed by atoms with Gasteiger partial charge < -0.3 is 21.3 Å². The number of hydrogen-bond acceptors (Lipinski definition) is 4. The molecule has 162 valence electrons. The summed E-state index contributed by atoms with van der Waals surface area (Å²) >= 11 is 0. The van der Waals surface area contributed by atoms with Gasteiger partial charge in [0, 0.05) is 13.5 Å². The molecule has 0 aromatic heterocycles. The van der Waals surface area contributed by atoms with Crippen LogP contribution in [0.1, 0.15) is 67.2 Å². The Morgan fingerprint density at radius 1 is 0.893 bits per heavy atom. The second-order valence-corrected chi connectivity index (χ2v) is 7.68. The topological polar surface area (TPSA) is 116 Å². The highest BCUT2D eigenvalue weighted by Gasteiger charge is 2.29. The Labute approximate surface area is 169 Å². The molecule has 0 saturated heterocycles. The van der Waals surface area contributed by atoms with E-state index in [4.69, 9.17) is 0 Å². The standard InChI is InChI=1S/C20H38N4O4/c1-7-9-10-21-17(26)12-22-19(27)16(11-13(3)4)24-20(28)18(14(5)8-2)23-15(6)25/h13-14,16,18H,7-12H2,1-6H3,(H,21,26)(H,22,27)(H,23,25)(H,24,28)/t14-,16-,18-/m0/s1. The summed E-state index contributed by atoms with van der Waals surface area (Å²) in [5, 5.41) is 10.7. The predicted octanol–water partition coefficient (Wildman–Crippen LogP) is 1.10. The highest BCUT2D eigenvalue weighted by Crippen LogP contribution is 2.10. The van der Waals surface area contributed by atoms with Gasteiger partial charge in [0.15, 0.2) is 0 Å². The van der Waals surface area contributed by atoms with Crippen molar-refractivity contribution in [1.29, 1.82) is 0 Å². The molecule has 0 aliphatic carbocycles. The molecule has 0 aromatic rings. The Morgan fingerprint density at radius 3 is 2.04 bits per heavy atom. The van der Waals surface area contributed by atoms with Gasteiger partial charge in [0.1, 0.15) is 12.1 Å². The molecule has 0 spiro atoms. The van der Waals surface area contributed by atoms with E-state index >= 15 is 0 Å². The fourth-order valence-corrected chi connectivity index (χ4v) is 2.64. The van der Waals surface area contributed by atoms with E-state index in [9.17, 15) is 19.2 Å². The highest BCUT2D eigenvalue weighted by atomic mass is 16.2. The molecule has 0 saturated carbocycles. The van der Waals surface area contributed by atoms with Crippen LogP contribution >= 0.6 is 0 Å². The van der Waals surface area contributed by atoms with Crippen LogP contribution in [0, 0.1) is 11.8 Å². The minimum absolute atomic E-state index is 0.0731. The van der Waals surface area contributed by atoms with Crippen molar-refractivity contribution in [3.63, 3.8) is 0 Å². The molecular formula is C20H38N4O4. The first kappa shape index (κ1) is 25.9. The van der Waals surface area contributed by atoms with Crippen molar-refractivity contribution in [2.75, 3.05) is 13.1 Å². The number of nitrogens with one attached hydrogen (secondary N) is 4. The quantitative estimate of drug-likeness (QED) is 0.348. The molecule has 0 aliphatic rings. The molecule has 0 radical (unpaired) electrons. The highest BCUT2D eigenvalue weighted by molar-refractivity contribution is 5.93. The summed E-state index contributed by atoms with van der Waals surface area (Å²) in [5.41, 5.74) is 0. The molecule has 0 rings (SSSR count). The Balaban J connectivity index is 4.94. The summed E-state index contributed by atoms with van der Waals surface area (Å²) in [6.45, 7) is 11.5. The first-order valence-electron chi connectivity index (χ1n) is 10.2. The van der Waals surface area contributed by atoms with Crippen molar-refractivity contribution in [1.82, 2.24) is 21.3 Å². The molecule has 0 fully saturated rings. The van der Waals surface area contributed by atoms with Crippen LogP contribution in [0.5, 0.6) is 0 Å². The second kappa shape index (κ2) is 14.0. The van der Waals surface area contributed by atoms with Crippen molar-refractivity contribution in [3.8, 4) is 0 Å². The lowest BCUT2D eigenvalue weighted by Gasteiger charge is -2.26. The number of unbranched alkanes of at least 4 members (excludes halogenated alkanes) is 1. The Hall–Kier alpha value is -2.12. The number of amides is 4. The van der Waals surface area contributed by atoms with E-state index in [1.165, 1.54) is 6.92 Å². The van der Waals surface area contributed by atoms with Crippen molar-refractivity contribution in [2.24, 2.45) is 11.8 Å². The third-order valence-electron chi connectivity index (χ3n) is 4.47. The lowest BCUT2D eigenvalue weighted by Crippen LogP contribution is -2.56. The van der Waals surface area contributed by atoms with Crippen molar-refractivity contribution < 1.29 is 19.2 Å². The van der Waals surface area contributed by atoms with Crippen molar-refractivity contribution in [2.45, 2.75) is 79.3 Å². The Kier molecular flexibility index (Phi) is 12.9. The van der Waals surface area contributed by atoms with Gasteiger partial charge in [0.25, 0.3) is 0 Å². The van der Waals surface area contributed by atoms with Gasteiger partial charge in [-0.05, 0) is 24.7 Å². The molecule has 0 aromatic carbocycles. The van der Waals surface area contributed by atoms with Crippen molar-refractivity contribution in [3.05, 3.63) is 0 Å². The van der Waals surface area contributed by atoms with Gasteiger partial charge in [-0.3, -0.25) is 19.2 Å². The molecule has 3 atom stereocenters. The third-order valence-corrected chi connectivity index (χ3v) is 4.47. The normalized spacial score (nSPS) is 14.0. The van der Waals surface area contributed by atoms with Gasteiger partial charge in [-0.1, -0.05) is 47.5 Å². The van der Waals surface area contributed by atoms with Crippen LogP contribution in [0.25, 0.3) is 0 Å². The zero-order valence-corrected chi connectivity index (χ0v) is 18.2. The van der Waals surface area contributed by atoms with E-state index in [1.807, 2.05) is 34.6 Å². The Morgan fingerprint density at radius 2 is 1.54 bits per heavy atom. The van der Waals surface area contributed by atoms with Gasteiger partial charge in [0.2, 0.25) is 23.6 Å². The molecule has 8 nitrogen and oxygen atoms in total. The summed E-state index contributed by atoms with van der Waals surface area (Å²) < 4.78 is 0. The summed E-state index contributed by atoms with van der Waals surface area (Å²) in [5.74, 6) is -1.26. The molecule has 28 heavy (non-hydrogen) atoms. The van der Waals surface area contributed by atoms with Crippen molar-refractivity contribution >= 4 is 23.6 Å². The van der Waals surface area contributed by atoms with E-state index < -0.39 is 23.9 Å². The molecule has 0 aliphatic heterocycles. The van der Waals surface area contributed by atoms with Gasteiger partial charge in [0.05, 0.1) is 6.54 Å². The summed E-state index contributed by atoms with van der Waals surface area (Å²) in [7, 11) is 0. The molecular weight excluding hydrogens is 360 g/mol. The SMILES string of the molecule is CCCCNC(=O)CNC(=O)[C@H](CC(C)C)NC(=O)[C@@H](NC(C)=O)[C@@H](C)CC. The predicted molar refractivity (Wildman–Crippen MR) is 109 cm³/mol. The summed E-state index contributed by atoms with van der Waals surface area (Å²) in [6.07, 6.45) is 2.99. The number of rotatable bonds is 13. The van der Waals surface area contributed by atoms with E-state index in [2.05, 4.69) is 21.3 Å².